The number of alkyl halides is 2. The van der Waals surface area contributed by atoms with Gasteiger partial charge in [-0.15, -0.1) is 0 Å². The molecule has 1 unspecified atom stereocenters. The zero-order valence-electron chi connectivity index (χ0n) is 17.3. The fourth-order valence-corrected chi connectivity index (χ4v) is 4.28. The Hall–Kier alpha value is -2.75. The van der Waals surface area contributed by atoms with Crippen molar-refractivity contribution in [1.29, 1.82) is 0 Å². The minimum absolute atomic E-state index is 0.0415. The van der Waals surface area contributed by atoms with Crippen molar-refractivity contribution in [2.75, 3.05) is 26.5 Å². The first-order valence-electron chi connectivity index (χ1n) is 9.63. The Morgan fingerprint density at radius 3 is 2.65 bits per heavy atom. The van der Waals surface area contributed by atoms with Crippen molar-refractivity contribution in [3.05, 3.63) is 59.3 Å². The molecule has 1 aromatic carbocycles. The molecule has 31 heavy (non-hydrogen) atoms. The van der Waals surface area contributed by atoms with Crippen molar-refractivity contribution in [3.63, 3.8) is 0 Å². The average molecular weight is 454 g/mol. The van der Waals surface area contributed by atoms with Crippen LogP contribution in [0.3, 0.4) is 0 Å². The summed E-state index contributed by atoms with van der Waals surface area (Å²) in [6, 6.07) is 10.4. The summed E-state index contributed by atoms with van der Waals surface area (Å²) in [6.45, 7) is -0.371. The Balaban J connectivity index is 1.79. The van der Waals surface area contributed by atoms with Crippen LogP contribution in [0.15, 0.2) is 42.6 Å². The lowest BCUT2D eigenvalue weighted by molar-refractivity contribution is -0.0729. The third-order valence-corrected chi connectivity index (χ3v) is 5.89. The van der Waals surface area contributed by atoms with E-state index in [1.165, 1.54) is 24.3 Å². The molecule has 0 spiro atoms. The highest BCUT2D eigenvalue weighted by Gasteiger charge is 2.46. The number of halogens is 2. The van der Waals surface area contributed by atoms with Gasteiger partial charge in [-0.3, -0.25) is 0 Å². The number of aromatic nitrogens is 1. The molecule has 1 atom stereocenters. The number of methoxy groups -OCH3 is 1. The first-order valence-corrected chi connectivity index (χ1v) is 11.7. The number of hydrogen-bond donors (Lipinski definition) is 0. The maximum atomic E-state index is 14.7. The standard InChI is InChI=1S/C21H24F2N2O5S/c1-29-19-17(14-31(2,27)28)10-16(11-24-19)18-12-25(9-8-21(18,22)23)20(26)30-13-15-6-4-3-5-7-15/h3-7,10-11,18H,8-9,12-14H2,1-2H3. The Morgan fingerprint density at radius 2 is 2.00 bits per heavy atom. The normalized spacial score (nSPS) is 18.5. The van der Waals surface area contributed by atoms with Crippen LogP contribution in [0.1, 0.15) is 29.0 Å². The van der Waals surface area contributed by atoms with Gasteiger partial charge in [-0.2, -0.15) is 0 Å². The van der Waals surface area contributed by atoms with Gasteiger partial charge in [0.1, 0.15) is 6.61 Å². The van der Waals surface area contributed by atoms with Crippen molar-refractivity contribution in [3.8, 4) is 5.88 Å². The number of hydrogen-bond acceptors (Lipinski definition) is 6. The molecule has 1 aromatic heterocycles. The monoisotopic (exact) mass is 454 g/mol. The Morgan fingerprint density at radius 1 is 1.29 bits per heavy atom. The van der Waals surface area contributed by atoms with E-state index in [0.29, 0.717) is 0 Å². The van der Waals surface area contributed by atoms with E-state index in [2.05, 4.69) is 4.98 Å². The van der Waals surface area contributed by atoms with E-state index in [0.717, 1.165) is 11.8 Å². The van der Waals surface area contributed by atoms with Crippen LogP contribution in [0.2, 0.25) is 0 Å². The van der Waals surface area contributed by atoms with Gasteiger partial charge in [0.15, 0.2) is 9.84 Å². The van der Waals surface area contributed by atoms with Gasteiger partial charge in [0.2, 0.25) is 5.88 Å². The number of carbonyl (C=O) groups excluding carboxylic acids is 1. The third kappa shape index (κ3) is 5.90. The average Bonchev–Trinajstić information content (AvgIpc) is 2.71. The first kappa shape index (κ1) is 22.9. The Kier molecular flexibility index (Phi) is 6.78. The molecule has 2 heterocycles. The van der Waals surface area contributed by atoms with Crippen molar-refractivity contribution in [1.82, 2.24) is 9.88 Å². The lowest BCUT2D eigenvalue weighted by Crippen LogP contribution is -2.48. The molecule has 1 aliphatic heterocycles. The van der Waals surface area contributed by atoms with Gasteiger partial charge in [-0.05, 0) is 17.2 Å². The van der Waals surface area contributed by atoms with Crippen LogP contribution < -0.4 is 4.74 Å². The molecule has 2 aromatic rings. The number of benzene rings is 1. The SMILES string of the molecule is COc1ncc(C2CN(C(=O)OCc3ccccc3)CCC2(F)F)cc1CS(C)(=O)=O. The molecule has 1 fully saturated rings. The van der Waals surface area contributed by atoms with Gasteiger partial charge in [0.05, 0.1) is 18.8 Å². The number of amides is 1. The quantitative estimate of drug-likeness (QED) is 0.665. The van der Waals surface area contributed by atoms with Gasteiger partial charge in [-0.1, -0.05) is 30.3 Å². The van der Waals surface area contributed by atoms with Crippen LogP contribution >= 0.6 is 0 Å². The second-order valence-electron chi connectivity index (χ2n) is 7.56. The fraction of sp³-hybridized carbons (Fsp3) is 0.429. The molecule has 0 N–H and O–H groups in total. The van der Waals surface area contributed by atoms with Crippen LogP contribution in [0.4, 0.5) is 13.6 Å². The number of nitrogens with zero attached hydrogens (tertiary/aromatic N) is 2. The second-order valence-corrected chi connectivity index (χ2v) is 9.70. The van der Waals surface area contributed by atoms with Crippen LogP contribution in [-0.4, -0.2) is 56.8 Å². The minimum Gasteiger partial charge on any atom is -0.481 e. The number of sulfone groups is 1. The zero-order chi connectivity index (χ0) is 22.6. The highest BCUT2D eigenvalue weighted by atomic mass is 32.2. The predicted molar refractivity (Wildman–Crippen MR) is 110 cm³/mol. The molecule has 1 aliphatic rings. The van der Waals surface area contributed by atoms with Gasteiger partial charge < -0.3 is 14.4 Å². The summed E-state index contributed by atoms with van der Waals surface area (Å²) in [7, 11) is -2.11. The van der Waals surface area contributed by atoms with E-state index < -0.39 is 39.9 Å². The van der Waals surface area contributed by atoms with Crippen molar-refractivity contribution >= 4 is 15.9 Å². The molecule has 0 bridgehead atoms. The van der Waals surface area contributed by atoms with E-state index in [9.17, 15) is 22.0 Å². The minimum atomic E-state index is -3.44. The topological polar surface area (TPSA) is 85.8 Å². The summed E-state index contributed by atoms with van der Waals surface area (Å²) in [5, 5.41) is 0. The number of likely N-dealkylation sites (tertiary alicyclic amines) is 1. The zero-order valence-corrected chi connectivity index (χ0v) is 18.1. The lowest BCUT2D eigenvalue weighted by atomic mass is 9.87. The molecular formula is C21H24F2N2O5S. The summed E-state index contributed by atoms with van der Waals surface area (Å²) >= 11 is 0. The Bertz CT molecular complexity index is 1030. The van der Waals surface area contributed by atoms with E-state index in [4.69, 9.17) is 9.47 Å². The first-order chi connectivity index (χ1) is 14.6. The molecule has 168 valence electrons. The van der Waals surface area contributed by atoms with Gasteiger partial charge >= 0.3 is 6.09 Å². The number of piperidine rings is 1. The summed E-state index contributed by atoms with van der Waals surface area (Å²) in [6.07, 6.45) is 1.06. The molecule has 0 aliphatic carbocycles. The molecule has 1 amide bonds. The van der Waals surface area contributed by atoms with Crippen molar-refractivity contribution < 1.29 is 31.5 Å². The van der Waals surface area contributed by atoms with Crippen LogP contribution in [0, 0.1) is 0 Å². The van der Waals surface area contributed by atoms with E-state index in [-0.39, 0.29) is 36.7 Å². The van der Waals surface area contributed by atoms with Gasteiger partial charge in [0.25, 0.3) is 5.92 Å². The molecule has 3 rings (SSSR count). The van der Waals surface area contributed by atoms with Gasteiger partial charge in [-0.25, -0.2) is 27.0 Å². The number of ether oxygens (including phenoxy) is 2. The molecule has 0 radical (unpaired) electrons. The molecule has 0 saturated carbocycles. The van der Waals surface area contributed by atoms with Gasteiger partial charge in [0, 0.05) is 37.5 Å². The highest BCUT2D eigenvalue weighted by Crippen LogP contribution is 2.41. The highest BCUT2D eigenvalue weighted by molar-refractivity contribution is 7.89. The van der Waals surface area contributed by atoms with Crippen LogP contribution in [-0.2, 0) is 26.9 Å². The number of carbonyl (C=O) groups is 1. The molecular weight excluding hydrogens is 430 g/mol. The number of pyridine rings is 1. The molecule has 7 nitrogen and oxygen atoms in total. The van der Waals surface area contributed by atoms with Crippen molar-refractivity contribution in [2.24, 2.45) is 0 Å². The fourth-order valence-electron chi connectivity index (χ4n) is 3.51. The summed E-state index contributed by atoms with van der Waals surface area (Å²) < 4.78 is 63.2. The third-order valence-electron chi connectivity index (χ3n) is 5.05. The summed E-state index contributed by atoms with van der Waals surface area (Å²) in [4.78, 5) is 17.7. The largest absolute Gasteiger partial charge is 0.481 e. The predicted octanol–water partition coefficient (Wildman–Crippen LogP) is 3.40. The summed E-state index contributed by atoms with van der Waals surface area (Å²) in [5.74, 6) is -4.76. The van der Waals surface area contributed by atoms with Crippen LogP contribution in [0.5, 0.6) is 5.88 Å². The number of rotatable bonds is 6. The summed E-state index contributed by atoms with van der Waals surface area (Å²) in [5.41, 5.74) is 1.13. The molecule has 1 saturated heterocycles. The molecule has 10 heteroatoms. The maximum Gasteiger partial charge on any atom is 0.410 e. The second kappa shape index (κ2) is 9.17. The Labute approximate surface area is 179 Å². The van der Waals surface area contributed by atoms with Crippen molar-refractivity contribution in [2.45, 2.75) is 30.6 Å². The van der Waals surface area contributed by atoms with E-state index in [1.807, 2.05) is 18.2 Å². The maximum absolute atomic E-state index is 14.7. The van der Waals surface area contributed by atoms with E-state index >= 15 is 0 Å². The van der Waals surface area contributed by atoms with E-state index in [1.54, 1.807) is 12.1 Å². The van der Waals surface area contributed by atoms with Crippen LogP contribution in [0.25, 0.3) is 0 Å². The lowest BCUT2D eigenvalue weighted by Gasteiger charge is -2.38. The smallest absolute Gasteiger partial charge is 0.410 e.